The van der Waals surface area contributed by atoms with Crippen molar-refractivity contribution in [1.29, 1.82) is 0 Å². The molecule has 51 heavy (non-hydrogen) atoms. The van der Waals surface area contributed by atoms with Crippen molar-refractivity contribution in [3.63, 3.8) is 0 Å². The smallest absolute Gasteiger partial charge is 0.0688 e. The normalized spacial score (nSPS) is 12.2. The van der Waals surface area contributed by atoms with Gasteiger partial charge < -0.3 is 9.13 Å². The second kappa shape index (κ2) is 11.0. The number of nitrogens with zero attached hydrogens (tertiary/aromatic N) is 4. The van der Waals surface area contributed by atoms with E-state index in [0.29, 0.717) is 0 Å². The van der Waals surface area contributed by atoms with Crippen molar-refractivity contribution in [3.05, 3.63) is 170 Å². The number of rotatable bonds is 4. The lowest BCUT2D eigenvalue weighted by Gasteiger charge is -2.20. The molecule has 238 valence electrons. The molecule has 10 aromatic rings. The molecule has 5 heteroatoms. The predicted molar refractivity (Wildman–Crippen MR) is 211 cm³/mol. The van der Waals surface area contributed by atoms with Gasteiger partial charge >= 0.3 is 0 Å². The number of hydrogen-bond acceptors (Lipinski definition) is 3. The molecule has 0 atom stereocenters. The first kappa shape index (κ1) is 28.4. The van der Waals surface area contributed by atoms with Gasteiger partial charge in [0.25, 0.3) is 0 Å². The SMILES string of the molecule is c1cc(-c2cc(-c3ccncc3)cc(-c3ccncc3)c2)cc(-n2c3ccccc3c3c4c5ccccc5n5c4c(cc32)Sc2ccccc2-5)c1. The summed E-state index contributed by atoms with van der Waals surface area (Å²) in [6.07, 6.45) is 7.43. The highest BCUT2D eigenvalue weighted by molar-refractivity contribution is 7.99. The molecule has 4 aromatic heterocycles. The Morgan fingerprint density at radius 2 is 0.980 bits per heavy atom. The molecular formula is C46H28N4S. The largest absolute Gasteiger partial charge is 0.309 e. The van der Waals surface area contributed by atoms with E-state index < -0.39 is 0 Å². The van der Waals surface area contributed by atoms with Gasteiger partial charge in [-0.2, -0.15) is 0 Å². The summed E-state index contributed by atoms with van der Waals surface area (Å²) in [5.41, 5.74) is 14.2. The molecule has 0 saturated heterocycles. The molecule has 4 nitrogen and oxygen atoms in total. The zero-order valence-corrected chi connectivity index (χ0v) is 28.2. The quantitative estimate of drug-likeness (QED) is 0.187. The Labute approximate surface area is 298 Å². The molecular weight excluding hydrogens is 641 g/mol. The summed E-state index contributed by atoms with van der Waals surface area (Å²) in [6.45, 7) is 0. The minimum atomic E-state index is 1.13. The van der Waals surface area contributed by atoms with Crippen molar-refractivity contribution in [3.8, 4) is 44.8 Å². The first-order chi connectivity index (χ1) is 25.3. The van der Waals surface area contributed by atoms with Crippen LogP contribution >= 0.6 is 11.8 Å². The lowest BCUT2D eigenvalue weighted by molar-refractivity contribution is 1.09. The highest BCUT2D eigenvalue weighted by atomic mass is 32.2. The number of fused-ring (bicyclic) bond motifs is 9. The predicted octanol–water partition coefficient (Wildman–Crippen LogP) is 12.1. The minimum absolute atomic E-state index is 1.13. The highest BCUT2D eigenvalue weighted by Gasteiger charge is 2.27. The van der Waals surface area contributed by atoms with Gasteiger partial charge in [0.1, 0.15) is 0 Å². The molecule has 11 rings (SSSR count). The highest BCUT2D eigenvalue weighted by Crippen LogP contribution is 2.51. The van der Waals surface area contributed by atoms with E-state index in [4.69, 9.17) is 0 Å². The van der Waals surface area contributed by atoms with Crippen molar-refractivity contribution >= 4 is 55.4 Å². The fourth-order valence-electron chi connectivity index (χ4n) is 8.07. The van der Waals surface area contributed by atoms with Gasteiger partial charge in [-0.05, 0) is 118 Å². The Morgan fingerprint density at radius 1 is 0.392 bits per heavy atom. The van der Waals surface area contributed by atoms with E-state index in [1.165, 1.54) is 59.1 Å². The molecule has 0 spiro atoms. The van der Waals surface area contributed by atoms with Crippen LogP contribution in [0.3, 0.4) is 0 Å². The summed E-state index contributed by atoms with van der Waals surface area (Å²) in [6, 6.07) is 53.1. The Balaban J connectivity index is 1.18. The minimum Gasteiger partial charge on any atom is -0.309 e. The van der Waals surface area contributed by atoms with Gasteiger partial charge in [-0.1, -0.05) is 72.4 Å². The van der Waals surface area contributed by atoms with Crippen molar-refractivity contribution in [2.45, 2.75) is 9.79 Å². The molecule has 6 aromatic carbocycles. The lowest BCUT2D eigenvalue weighted by atomic mass is 9.94. The van der Waals surface area contributed by atoms with Gasteiger partial charge in [-0.3, -0.25) is 9.97 Å². The molecule has 1 aliphatic heterocycles. The zero-order valence-electron chi connectivity index (χ0n) is 27.4. The Kier molecular flexibility index (Phi) is 6.15. The molecule has 0 radical (unpaired) electrons. The fourth-order valence-corrected chi connectivity index (χ4v) is 9.18. The molecule has 0 bridgehead atoms. The summed E-state index contributed by atoms with van der Waals surface area (Å²) >= 11 is 1.87. The van der Waals surface area contributed by atoms with E-state index >= 15 is 0 Å². The van der Waals surface area contributed by atoms with Crippen LogP contribution in [0.4, 0.5) is 0 Å². The standard InChI is InChI=1S/C46H28N4S/c1-3-12-38-36(10-1)44-41(28-43-46-45(44)37-11-2-4-13-39(37)50(46)40-14-5-6-15-42(40)51-43)49(38)35-9-7-8-31(27-35)34-25-32(29-16-20-47-21-17-29)24-33(26-34)30-18-22-48-23-19-30/h1-28H. The molecule has 1 aliphatic rings. The summed E-state index contributed by atoms with van der Waals surface area (Å²) in [5.74, 6) is 0. The Morgan fingerprint density at radius 3 is 1.69 bits per heavy atom. The van der Waals surface area contributed by atoms with Gasteiger partial charge in [0.15, 0.2) is 0 Å². The summed E-state index contributed by atoms with van der Waals surface area (Å²) in [4.78, 5) is 11.1. The maximum atomic E-state index is 4.27. The topological polar surface area (TPSA) is 35.6 Å². The van der Waals surface area contributed by atoms with Crippen LogP contribution in [-0.2, 0) is 0 Å². The van der Waals surface area contributed by atoms with Gasteiger partial charge in [0.2, 0.25) is 0 Å². The van der Waals surface area contributed by atoms with Gasteiger partial charge in [0.05, 0.1) is 27.8 Å². The van der Waals surface area contributed by atoms with Gasteiger partial charge in [0, 0.05) is 61.8 Å². The second-order valence-corrected chi connectivity index (χ2v) is 14.2. The zero-order chi connectivity index (χ0) is 33.5. The first-order valence-electron chi connectivity index (χ1n) is 17.1. The third-order valence-corrected chi connectivity index (χ3v) is 11.4. The molecule has 5 heterocycles. The molecule has 0 aliphatic carbocycles. The van der Waals surface area contributed by atoms with E-state index in [9.17, 15) is 0 Å². The van der Waals surface area contributed by atoms with E-state index in [1.807, 2.05) is 36.5 Å². The average molecular weight is 669 g/mol. The van der Waals surface area contributed by atoms with Crippen molar-refractivity contribution in [2.24, 2.45) is 0 Å². The third-order valence-electron chi connectivity index (χ3n) is 10.3. The van der Waals surface area contributed by atoms with Gasteiger partial charge in [-0.15, -0.1) is 0 Å². The van der Waals surface area contributed by atoms with Crippen LogP contribution in [0.25, 0.3) is 88.4 Å². The first-order valence-corrected chi connectivity index (χ1v) is 18.0. The second-order valence-electron chi connectivity index (χ2n) is 13.1. The van der Waals surface area contributed by atoms with Gasteiger partial charge in [-0.25, -0.2) is 0 Å². The van der Waals surface area contributed by atoms with Crippen molar-refractivity contribution in [2.75, 3.05) is 0 Å². The van der Waals surface area contributed by atoms with Crippen LogP contribution in [0.15, 0.2) is 180 Å². The fraction of sp³-hybridized carbons (Fsp3) is 0. The van der Waals surface area contributed by atoms with Crippen LogP contribution in [0.5, 0.6) is 0 Å². The molecule has 0 unspecified atom stereocenters. The van der Waals surface area contributed by atoms with Crippen molar-refractivity contribution in [1.82, 2.24) is 19.1 Å². The summed E-state index contributed by atoms with van der Waals surface area (Å²) in [7, 11) is 0. The summed E-state index contributed by atoms with van der Waals surface area (Å²) < 4.78 is 4.95. The number of hydrogen-bond donors (Lipinski definition) is 0. The van der Waals surface area contributed by atoms with Crippen LogP contribution in [0, 0.1) is 0 Å². The van der Waals surface area contributed by atoms with Crippen LogP contribution < -0.4 is 0 Å². The van der Waals surface area contributed by atoms with E-state index in [0.717, 1.165) is 39.1 Å². The Bertz CT molecular complexity index is 2940. The van der Waals surface area contributed by atoms with E-state index in [-0.39, 0.29) is 0 Å². The summed E-state index contributed by atoms with van der Waals surface area (Å²) in [5, 5.41) is 5.16. The van der Waals surface area contributed by atoms with E-state index in [2.05, 4.69) is 165 Å². The molecule has 0 saturated carbocycles. The molecule has 0 fully saturated rings. The van der Waals surface area contributed by atoms with Crippen LogP contribution in [0.2, 0.25) is 0 Å². The monoisotopic (exact) mass is 668 g/mol. The maximum Gasteiger partial charge on any atom is 0.0688 e. The third kappa shape index (κ3) is 4.28. The van der Waals surface area contributed by atoms with Crippen molar-refractivity contribution < 1.29 is 0 Å². The molecule has 0 N–H and O–H groups in total. The number of aromatic nitrogens is 4. The van der Waals surface area contributed by atoms with E-state index in [1.54, 1.807) is 0 Å². The number of pyridine rings is 2. The Hall–Kier alpha value is -6.43. The lowest BCUT2D eigenvalue weighted by Crippen LogP contribution is -2.01. The average Bonchev–Trinajstić information content (AvgIpc) is 3.72. The number of para-hydroxylation sites is 3. The number of benzene rings is 6. The van der Waals surface area contributed by atoms with Crippen LogP contribution in [0.1, 0.15) is 0 Å². The maximum absolute atomic E-state index is 4.27. The molecule has 0 amide bonds. The van der Waals surface area contributed by atoms with Crippen LogP contribution in [-0.4, -0.2) is 19.1 Å².